The third-order valence-corrected chi connectivity index (χ3v) is 5.07. The molecule has 0 N–H and O–H groups in total. The highest BCUT2D eigenvalue weighted by molar-refractivity contribution is 6.31. The number of rotatable bonds is 2. The van der Waals surface area contributed by atoms with Crippen molar-refractivity contribution in [1.82, 2.24) is 4.90 Å². The van der Waals surface area contributed by atoms with Crippen LogP contribution in [0.1, 0.15) is 29.2 Å². The van der Waals surface area contributed by atoms with Gasteiger partial charge in [0.15, 0.2) is 0 Å². The lowest BCUT2D eigenvalue weighted by Gasteiger charge is -2.25. The summed E-state index contributed by atoms with van der Waals surface area (Å²) in [5.41, 5.74) is 4.99. The van der Waals surface area contributed by atoms with Gasteiger partial charge >= 0.3 is 0 Å². The Balaban J connectivity index is 1.82. The molecular weight excluding hydrogens is 308 g/mol. The van der Waals surface area contributed by atoms with E-state index in [1.165, 1.54) is 22.4 Å². The van der Waals surface area contributed by atoms with Crippen molar-refractivity contribution < 1.29 is 4.84 Å². The molecule has 120 valence electrons. The number of hydrogen-bond acceptors (Lipinski definition) is 3. The van der Waals surface area contributed by atoms with Crippen LogP contribution in [0.5, 0.6) is 0 Å². The van der Waals surface area contributed by atoms with Crippen molar-refractivity contribution in [3.63, 3.8) is 0 Å². The van der Waals surface area contributed by atoms with Crippen LogP contribution in [0.2, 0.25) is 5.02 Å². The summed E-state index contributed by atoms with van der Waals surface area (Å²) in [5, 5.41) is 2.97. The molecule has 2 aliphatic heterocycles. The van der Waals surface area contributed by atoms with Gasteiger partial charge in [0.25, 0.3) is 0 Å². The zero-order valence-corrected chi connectivity index (χ0v) is 14.3. The highest BCUT2D eigenvalue weighted by Gasteiger charge is 2.39. The van der Waals surface area contributed by atoms with Crippen LogP contribution in [0.4, 0.5) is 5.69 Å². The van der Waals surface area contributed by atoms with Crippen molar-refractivity contribution in [2.75, 3.05) is 25.7 Å². The second-order valence-electron chi connectivity index (χ2n) is 6.68. The number of likely N-dealkylation sites (N-methyl/N-ethyl adjacent to an activating group) is 1. The number of benzene rings is 2. The molecule has 2 heterocycles. The zero-order chi connectivity index (χ0) is 16.0. The van der Waals surface area contributed by atoms with Crippen LogP contribution in [-0.4, -0.2) is 31.6 Å². The van der Waals surface area contributed by atoms with E-state index in [9.17, 15) is 0 Å². The SMILES string of the molecule is CN(C)CC1CC2c3cccc(Cl)c3Cc3ccccc3N2O1. The fraction of sp³-hybridized carbons (Fsp3) is 0.368. The predicted octanol–water partition coefficient (Wildman–Crippen LogP) is 4.06. The molecule has 1 fully saturated rings. The number of hydrogen-bond donors (Lipinski definition) is 0. The second-order valence-corrected chi connectivity index (χ2v) is 7.09. The first kappa shape index (κ1) is 15.0. The van der Waals surface area contributed by atoms with Crippen molar-refractivity contribution in [1.29, 1.82) is 0 Å². The maximum atomic E-state index is 6.52. The Hall–Kier alpha value is -1.55. The second kappa shape index (κ2) is 5.82. The van der Waals surface area contributed by atoms with Gasteiger partial charge in [-0.25, -0.2) is 5.06 Å². The van der Waals surface area contributed by atoms with Crippen LogP contribution in [0.3, 0.4) is 0 Å². The number of fused-ring (bicyclic) bond motifs is 5. The summed E-state index contributed by atoms with van der Waals surface area (Å²) in [5.74, 6) is 0. The summed E-state index contributed by atoms with van der Waals surface area (Å²) in [7, 11) is 4.18. The van der Waals surface area contributed by atoms with E-state index in [2.05, 4.69) is 60.5 Å². The monoisotopic (exact) mass is 328 g/mol. The average Bonchev–Trinajstić information content (AvgIpc) is 2.87. The van der Waals surface area contributed by atoms with Gasteiger partial charge in [-0.3, -0.25) is 4.84 Å². The molecule has 0 aromatic heterocycles. The van der Waals surface area contributed by atoms with E-state index >= 15 is 0 Å². The maximum Gasteiger partial charge on any atom is 0.101 e. The molecule has 4 heteroatoms. The van der Waals surface area contributed by atoms with Gasteiger partial charge in [-0.2, -0.15) is 0 Å². The molecule has 0 spiro atoms. The first-order valence-electron chi connectivity index (χ1n) is 8.09. The largest absolute Gasteiger partial charge is 0.307 e. The molecule has 23 heavy (non-hydrogen) atoms. The highest BCUT2D eigenvalue weighted by atomic mass is 35.5. The lowest BCUT2D eigenvalue weighted by molar-refractivity contribution is 0.0649. The Kier molecular flexibility index (Phi) is 3.80. The van der Waals surface area contributed by atoms with E-state index in [0.29, 0.717) is 0 Å². The molecule has 0 saturated carbocycles. The Morgan fingerprint density at radius 3 is 2.83 bits per heavy atom. The van der Waals surface area contributed by atoms with Gasteiger partial charge < -0.3 is 4.90 Å². The topological polar surface area (TPSA) is 15.7 Å². The predicted molar refractivity (Wildman–Crippen MR) is 94.0 cm³/mol. The molecule has 4 rings (SSSR count). The van der Waals surface area contributed by atoms with Gasteiger partial charge in [-0.15, -0.1) is 0 Å². The fourth-order valence-corrected chi connectivity index (χ4v) is 4.00. The number of halogens is 1. The van der Waals surface area contributed by atoms with E-state index in [4.69, 9.17) is 16.4 Å². The lowest BCUT2D eigenvalue weighted by Crippen LogP contribution is -2.27. The van der Waals surface area contributed by atoms with Gasteiger partial charge in [0.05, 0.1) is 11.7 Å². The van der Waals surface area contributed by atoms with Gasteiger partial charge in [0.1, 0.15) is 6.10 Å². The Labute approximate surface area is 142 Å². The molecule has 2 aromatic carbocycles. The number of hydroxylamine groups is 1. The summed E-state index contributed by atoms with van der Waals surface area (Å²) in [4.78, 5) is 8.51. The van der Waals surface area contributed by atoms with Crippen LogP contribution in [0, 0.1) is 0 Å². The first-order chi connectivity index (χ1) is 11.1. The summed E-state index contributed by atoms with van der Waals surface area (Å²) in [6.45, 7) is 0.922. The standard InChI is InChI=1S/C19H21ClN2O/c1-21(2)12-14-11-19-15-7-5-8-17(20)16(15)10-13-6-3-4-9-18(13)22(19)23-14/h3-9,14,19H,10-12H2,1-2H3. The normalized spacial score (nSPS) is 22.5. The van der Waals surface area contributed by atoms with E-state index in [-0.39, 0.29) is 12.1 Å². The first-order valence-corrected chi connectivity index (χ1v) is 8.47. The molecule has 3 nitrogen and oxygen atoms in total. The number of nitrogens with zero attached hydrogens (tertiary/aromatic N) is 2. The number of para-hydroxylation sites is 1. The summed E-state index contributed by atoms with van der Waals surface area (Å²) in [6, 6.07) is 15.0. The quantitative estimate of drug-likeness (QED) is 0.827. The number of anilines is 1. The minimum atomic E-state index is 0.202. The minimum Gasteiger partial charge on any atom is -0.307 e. The van der Waals surface area contributed by atoms with Crippen molar-refractivity contribution in [3.05, 3.63) is 64.2 Å². The molecule has 0 bridgehead atoms. The Morgan fingerprint density at radius 1 is 1.17 bits per heavy atom. The maximum absolute atomic E-state index is 6.52. The van der Waals surface area contributed by atoms with Gasteiger partial charge in [-0.05, 0) is 42.9 Å². The van der Waals surface area contributed by atoms with Crippen LogP contribution >= 0.6 is 11.6 Å². The van der Waals surface area contributed by atoms with Gasteiger partial charge in [0, 0.05) is 24.4 Å². The molecule has 0 aliphatic carbocycles. The summed E-state index contributed by atoms with van der Waals surface area (Å²) < 4.78 is 0. The third-order valence-electron chi connectivity index (χ3n) is 4.71. The van der Waals surface area contributed by atoms with E-state index in [1.807, 2.05) is 6.07 Å². The Bertz CT molecular complexity index is 731. The molecular formula is C19H21ClN2O. The van der Waals surface area contributed by atoms with Crippen molar-refractivity contribution in [2.24, 2.45) is 0 Å². The van der Waals surface area contributed by atoms with Crippen molar-refractivity contribution in [2.45, 2.75) is 25.0 Å². The summed E-state index contributed by atoms with van der Waals surface area (Å²) >= 11 is 6.52. The highest BCUT2D eigenvalue weighted by Crippen LogP contribution is 2.45. The molecule has 2 atom stereocenters. The molecule has 1 saturated heterocycles. The fourth-order valence-electron chi connectivity index (χ4n) is 3.75. The lowest BCUT2D eigenvalue weighted by atomic mass is 9.94. The van der Waals surface area contributed by atoms with Crippen molar-refractivity contribution >= 4 is 17.3 Å². The van der Waals surface area contributed by atoms with Gasteiger partial charge in [0.2, 0.25) is 0 Å². The molecule has 0 radical (unpaired) electrons. The average molecular weight is 329 g/mol. The van der Waals surface area contributed by atoms with Gasteiger partial charge in [-0.1, -0.05) is 41.9 Å². The van der Waals surface area contributed by atoms with E-state index in [0.717, 1.165) is 24.4 Å². The smallest absolute Gasteiger partial charge is 0.101 e. The molecule has 0 amide bonds. The van der Waals surface area contributed by atoms with Crippen LogP contribution < -0.4 is 5.06 Å². The van der Waals surface area contributed by atoms with E-state index in [1.54, 1.807) is 0 Å². The summed E-state index contributed by atoms with van der Waals surface area (Å²) in [6.07, 6.45) is 2.05. The zero-order valence-electron chi connectivity index (χ0n) is 13.5. The van der Waals surface area contributed by atoms with Crippen LogP contribution in [0.15, 0.2) is 42.5 Å². The Morgan fingerprint density at radius 2 is 2.00 bits per heavy atom. The minimum absolute atomic E-state index is 0.202. The van der Waals surface area contributed by atoms with Crippen LogP contribution in [0.25, 0.3) is 0 Å². The van der Waals surface area contributed by atoms with Crippen LogP contribution in [-0.2, 0) is 11.3 Å². The molecule has 2 unspecified atom stereocenters. The third kappa shape index (κ3) is 2.63. The molecule has 2 aliphatic rings. The van der Waals surface area contributed by atoms with Crippen molar-refractivity contribution in [3.8, 4) is 0 Å². The van der Waals surface area contributed by atoms with E-state index < -0.39 is 0 Å². The molecule has 2 aromatic rings.